The Kier molecular flexibility index (Phi) is 3.64. The highest BCUT2D eigenvalue weighted by Gasteiger charge is 2.32. The van der Waals surface area contributed by atoms with E-state index in [2.05, 4.69) is 26.0 Å². The Balaban J connectivity index is 1.98. The van der Waals surface area contributed by atoms with E-state index in [1.165, 1.54) is 0 Å². The molecule has 0 N–H and O–H groups in total. The van der Waals surface area contributed by atoms with Crippen molar-refractivity contribution in [3.63, 3.8) is 0 Å². The van der Waals surface area contributed by atoms with Gasteiger partial charge >= 0.3 is 0 Å². The van der Waals surface area contributed by atoms with E-state index in [4.69, 9.17) is 4.74 Å². The van der Waals surface area contributed by atoms with Crippen LogP contribution in [0.1, 0.15) is 12.8 Å². The number of halogens is 1. The Morgan fingerprint density at radius 3 is 2.90 bits per heavy atom. The van der Waals surface area contributed by atoms with Crippen molar-refractivity contribution in [2.45, 2.75) is 19.4 Å². The number of alkyl halides is 1. The third-order valence-corrected chi connectivity index (χ3v) is 5.25. The standard InChI is InChI=1S/C13H17BrN4O2/c1-17-11-10(6-16-17)12(19)18(9-15-11)8-13(7-14)2-4-20-5-3-13/h6,9H,2-5,7-8H2,1H3. The van der Waals surface area contributed by atoms with Crippen molar-refractivity contribution in [1.82, 2.24) is 19.3 Å². The van der Waals surface area contributed by atoms with Gasteiger partial charge in [0.2, 0.25) is 0 Å². The van der Waals surface area contributed by atoms with E-state index in [1.807, 2.05) is 0 Å². The van der Waals surface area contributed by atoms with Crippen LogP contribution in [0.15, 0.2) is 17.3 Å². The van der Waals surface area contributed by atoms with Gasteiger partial charge in [0.15, 0.2) is 5.65 Å². The molecule has 2 aromatic rings. The lowest BCUT2D eigenvalue weighted by Crippen LogP contribution is -2.38. The second-order valence-electron chi connectivity index (χ2n) is 5.43. The summed E-state index contributed by atoms with van der Waals surface area (Å²) < 4.78 is 8.76. The molecule has 108 valence electrons. The highest BCUT2D eigenvalue weighted by molar-refractivity contribution is 9.09. The summed E-state index contributed by atoms with van der Waals surface area (Å²) >= 11 is 3.60. The molecule has 6 nitrogen and oxygen atoms in total. The molecule has 1 saturated heterocycles. The number of fused-ring (bicyclic) bond motifs is 1. The van der Waals surface area contributed by atoms with Gasteiger partial charge in [-0.3, -0.25) is 14.0 Å². The van der Waals surface area contributed by atoms with E-state index in [0.717, 1.165) is 31.4 Å². The fourth-order valence-corrected chi connectivity index (χ4v) is 3.42. The maximum Gasteiger partial charge on any atom is 0.264 e. The molecule has 7 heteroatoms. The Morgan fingerprint density at radius 2 is 2.20 bits per heavy atom. The van der Waals surface area contributed by atoms with E-state index in [0.29, 0.717) is 17.6 Å². The molecule has 0 atom stereocenters. The van der Waals surface area contributed by atoms with Gasteiger partial charge in [-0.15, -0.1) is 0 Å². The number of aromatic nitrogens is 4. The normalized spacial score (nSPS) is 18.5. The minimum atomic E-state index is -0.0186. The van der Waals surface area contributed by atoms with Gasteiger partial charge in [-0.25, -0.2) is 4.98 Å². The molecule has 0 amide bonds. The van der Waals surface area contributed by atoms with Crippen molar-refractivity contribution in [1.29, 1.82) is 0 Å². The van der Waals surface area contributed by atoms with E-state index < -0.39 is 0 Å². The van der Waals surface area contributed by atoms with Gasteiger partial charge in [0.1, 0.15) is 5.39 Å². The Bertz CT molecular complexity index is 673. The molecule has 0 saturated carbocycles. The van der Waals surface area contributed by atoms with Crippen LogP contribution >= 0.6 is 15.9 Å². The van der Waals surface area contributed by atoms with Gasteiger partial charge in [0.05, 0.1) is 12.5 Å². The lowest BCUT2D eigenvalue weighted by molar-refractivity contribution is 0.0181. The molecular formula is C13H17BrN4O2. The maximum absolute atomic E-state index is 12.5. The first-order valence-electron chi connectivity index (χ1n) is 6.66. The van der Waals surface area contributed by atoms with E-state index in [1.54, 1.807) is 28.8 Å². The fourth-order valence-electron chi connectivity index (χ4n) is 2.68. The second-order valence-corrected chi connectivity index (χ2v) is 5.99. The molecule has 0 aliphatic carbocycles. The number of aryl methyl sites for hydroxylation is 1. The predicted molar refractivity (Wildman–Crippen MR) is 79.0 cm³/mol. The van der Waals surface area contributed by atoms with Crippen LogP contribution in [0, 0.1) is 5.41 Å². The number of nitrogens with zero attached hydrogens (tertiary/aromatic N) is 4. The summed E-state index contributed by atoms with van der Waals surface area (Å²) in [5.41, 5.74) is 0.681. The summed E-state index contributed by atoms with van der Waals surface area (Å²) in [6.45, 7) is 2.17. The van der Waals surface area contributed by atoms with Gasteiger partial charge in [-0.2, -0.15) is 5.10 Å². The molecule has 1 fully saturated rings. The van der Waals surface area contributed by atoms with Crippen molar-refractivity contribution < 1.29 is 4.74 Å². The predicted octanol–water partition coefficient (Wildman–Crippen LogP) is 1.32. The van der Waals surface area contributed by atoms with Crippen molar-refractivity contribution >= 4 is 27.0 Å². The molecule has 0 radical (unpaired) electrons. The maximum atomic E-state index is 12.5. The first-order valence-corrected chi connectivity index (χ1v) is 7.78. The second kappa shape index (κ2) is 5.29. The smallest absolute Gasteiger partial charge is 0.264 e. The molecule has 0 spiro atoms. The van der Waals surface area contributed by atoms with Crippen LogP contribution in [0.2, 0.25) is 0 Å². The highest BCUT2D eigenvalue weighted by atomic mass is 79.9. The van der Waals surface area contributed by atoms with Crippen molar-refractivity contribution in [2.24, 2.45) is 12.5 Å². The average molecular weight is 341 g/mol. The molecular weight excluding hydrogens is 324 g/mol. The van der Waals surface area contributed by atoms with Gasteiger partial charge in [-0.05, 0) is 12.8 Å². The molecule has 1 aliphatic rings. The van der Waals surface area contributed by atoms with Crippen LogP contribution in [-0.2, 0) is 18.3 Å². The lowest BCUT2D eigenvalue weighted by Gasteiger charge is -2.35. The van der Waals surface area contributed by atoms with Crippen LogP contribution in [-0.4, -0.2) is 37.9 Å². The van der Waals surface area contributed by atoms with Crippen LogP contribution in [0.4, 0.5) is 0 Å². The molecule has 0 aromatic carbocycles. The van der Waals surface area contributed by atoms with Gasteiger partial charge < -0.3 is 4.74 Å². The first-order chi connectivity index (χ1) is 9.65. The lowest BCUT2D eigenvalue weighted by atomic mass is 9.82. The topological polar surface area (TPSA) is 61.9 Å². The number of rotatable bonds is 3. The summed E-state index contributed by atoms with van der Waals surface area (Å²) in [6, 6.07) is 0. The quantitative estimate of drug-likeness (QED) is 0.790. The third kappa shape index (κ3) is 2.29. The van der Waals surface area contributed by atoms with Gasteiger partial charge in [0, 0.05) is 37.6 Å². The zero-order chi connectivity index (χ0) is 14.2. The zero-order valence-electron chi connectivity index (χ0n) is 11.4. The monoisotopic (exact) mass is 340 g/mol. The van der Waals surface area contributed by atoms with Crippen molar-refractivity contribution in [3.05, 3.63) is 22.9 Å². The largest absolute Gasteiger partial charge is 0.381 e. The molecule has 0 bridgehead atoms. The summed E-state index contributed by atoms with van der Waals surface area (Å²) in [4.78, 5) is 16.8. The Labute approximate surface area is 124 Å². The summed E-state index contributed by atoms with van der Waals surface area (Å²) in [5, 5.41) is 5.53. The minimum absolute atomic E-state index is 0.0186. The van der Waals surface area contributed by atoms with Gasteiger partial charge in [0.25, 0.3) is 5.56 Å². The molecule has 0 unspecified atom stereocenters. The summed E-state index contributed by atoms with van der Waals surface area (Å²) in [5.74, 6) is 0. The van der Waals surface area contributed by atoms with Crippen molar-refractivity contribution in [2.75, 3.05) is 18.5 Å². The number of hydrogen-bond donors (Lipinski definition) is 0. The van der Waals surface area contributed by atoms with Crippen molar-refractivity contribution in [3.8, 4) is 0 Å². The van der Waals surface area contributed by atoms with Crippen LogP contribution < -0.4 is 5.56 Å². The molecule has 20 heavy (non-hydrogen) atoms. The zero-order valence-corrected chi connectivity index (χ0v) is 13.0. The summed E-state index contributed by atoms with van der Waals surface area (Å²) in [6.07, 6.45) is 5.13. The minimum Gasteiger partial charge on any atom is -0.381 e. The van der Waals surface area contributed by atoms with E-state index in [-0.39, 0.29) is 11.0 Å². The van der Waals surface area contributed by atoms with E-state index in [9.17, 15) is 4.79 Å². The SMILES string of the molecule is Cn1ncc2c(=O)n(CC3(CBr)CCOCC3)cnc21. The third-order valence-electron chi connectivity index (χ3n) is 4.06. The number of hydrogen-bond acceptors (Lipinski definition) is 4. The first kappa shape index (κ1) is 13.8. The Hall–Kier alpha value is -1.21. The van der Waals surface area contributed by atoms with E-state index >= 15 is 0 Å². The van der Waals surface area contributed by atoms with Crippen LogP contribution in [0.25, 0.3) is 11.0 Å². The average Bonchev–Trinajstić information content (AvgIpc) is 2.85. The fraction of sp³-hybridized carbons (Fsp3) is 0.615. The molecule has 2 aromatic heterocycles. The Morgan fingerprint density at radius 1 is 1.45 bits per heavy atom. The highest BCUT2D eigenvalue weighted by Crippen LogP contribution is 2.33. The molecule has 3 heterocycles. The summed E-state index contributed by atoms with van der Waals surface area (Å²) in [7, 11) is 1.79. The molecule has 3 rings (SSSR count). The van der Waals surface area contributed by atoms with Gasteiger partial charge in [-0.1, -0.05) is 15.9 Å². The van der Waals surface area contributed by atoms with Crippen LogP contribution in [0.5, 0.6) is 0 Å². The number of ether oxygens (including phenoxy) is 1. The molecule has 1 aliphatic heterocycles. The van der Waals surface area contributed by atoms with Crippen LogP contribution in [0.3, 0.4) is 0 Å².